The minimum atomic E-state index is -0.960. The zero-order valence-corrected chi connectivity index (χ0v) is 17.2. The molecule has 8 nitrogen and oxygen atoms in total. The molecule has 0 bridgehead atoms. The van der Waals surface area contributed by atoms with E-state index in [0.717, 1.165) is 0 Å². The van der Waals surface area contributed by atoms with Crippen molar-refractivity contribution in [3.63, 3.8) is 0 Å². The standard InChI is InChI=1S/C21H28N2O6/c1-21(2,3)29-19(26)22-12-8-7-10-15(18(24)25)16-13-23(20(27)28-4)17-11-6-5-9-14(16)17/h5-6,9,11,13,15H,7-8,10,12H2,1-4H3,(H,22,26)(H,24,25). The van der Waals surface area contributed by atoms with Crippen molar-refractivity contribution in [1.82, 2.24) is 9.88 Å². The van der Waals surface area contributed by atoms with E-state index < -0.39 is 29.7 Å². The molecule has 1 aromatic heterocycles. The van der Waals surface area contributed by atoms with Gasteiger partial charge in [0.2, 0.25) is 0 Å². The number of alkyl carbamates (subject to hydrolysis) is 1. The van der Waals surface area contributed by atoms with Crippen LogP contribution in [-0.2, 0) is 14.3 Å². The van der Waals surface area contributed by atoms with Crippen molar-refractivity contribution >= 4 is 29.1 Å². The Morgan fingerprint density at radius 1 is 1.17 bits per heavy atom. The van der Waals surface area contributed by atoms with Gasteiger partial charge in [-0.2, -0.15) is 0 Å². The molecule has 0 aliphatic rings. The van der Waals surface area contributed by atoms with Crippen LogP contribution in [0, 0.1) is 0 Å². The SMILES string of the molecule is COC(=O)n1cc(C(CCCCNC(=O)OC(C)(C)C)C(=O)O)c2ccccc21. The van der Waals surface area contributed by atoms with E-state index in [-0.39, 0.29) is 0 Å². The molecule has 0 aliphatic carbocycles. The number of benzene rings is 1. The van der Waals surface area contributed by atoms with Gasteiger partial charge in [0.05, 0.1) is 18.5 Å². The Morgan fingerprint density at radius 2 is 1.86 bits per heavy atom. The van der Waals surface area contributed by atoms with Crippen molar-refractivity contribution in [2.75, 3.05) is 13.7 Å². The highest BCUT2D eigenvalue weighted by Gasteiger charge is 2.25. The van der Waals surface area contributed by atoms with Crippen LogP contribution in [0.4, 0.5) is 9.59 Å². The van der Waals surface area contributed by atoms with Crippen LogP contribution in [0.5, 0.6) is 0 Å². The van der Waals surface area contributed by atoms with Crippen molar-refractivity contribution in [2.24, 2.45) is 0 Å². The van der Waals surface area contributed by atoms with E-state index in [1.807, 2.05) is 0 Å². The molecule has 2 aromatic rings. The van der Waals surface area contributed by atoms with Gasteiger partial charge in [0, 0.05) is 18.1 Å². The lowest BCUT2D eigenvalue weighted by molar-refractivity contribution is -0.139. The number of nitrogens with zero attached hydrogens (tertiary/aromatic N) is 1. The molecule has 2 rings (SSSR count). The lowest BCUT2D eigenvalue weighted by atomic mass is 9.93. The summed E-state index contributed by atoms with van der Waals surface area (Å²) >= 11 is 0. The van der Waals surface area contributed by atoms with E-state index in [4.69, 9.17) is 9.47 Å². The zero-order valence-electron chi connectivity index (χ0n) is 17.2. The molecule has 1 heterocycles. The number of carboxylic acid groups (broad SMARTS) is 1. The molecule has 0 saturated carbocycles. The summed E-state index contributed by atoms with van der Waals surface area (Å²) in [6, 6.07) is 7.13. The van der Waals surface area contributed by atoms with Gasteiger partial charge >= 0.3 is 18.2 Å². The zero-order chi connectivity index (χ0) is 21.6. The second-order valence-corrected chi connectivity index (χ2v) is 7.76. The fourth-order valence-corrected chi connectivity index (χ4v) is 3.12. The maximum absolute atomic E-state index is 12.0. The van der Waals surface area contributed by atoms with Crippen LogP contribution in [0.15, 0.2) is 30.5 Å². The minimum Gasteiger partial charge on any atom is -0.481 e. The van der Waals surface area contributed by atoms with Crippen molar-refractivity contribution < 1.29 is 29.0 Å². The first-order valence-corrected chi connectivity index (χ1v) is 9.52. The Kier molecular flexibility index (Phi) is 7.25. The fraction of sp³-hybridized carbons (Fsp3) is 0.476. The minimum absolute atomic E-state index is 0.376. The second-order valence-electron chi connectivity index (χ2n) is 7.76. The van der Waals surface area contributed by atoms with E-state index in [9.17, 15) is 19.5 Å². The summed E-state index contributed by atoms with van der Waals surface area (Å²) in [7, 11) is 1.28. The number of amides is 1. The van der Waals surface area contributed by atoms with Gasteiger partial charge < -0.3 is 19.9 Å². The molecule has 1 aromatic carbocycles. The Labute approximate surface area is 169 Å². The molecule has 1 amide bonds. The average Bonchev–Trinajstić information content (AvgIpc) is 3.01. The van der Waals surface area contributed by atoms with Crippen LogP contribution in [0.25, 0.3) is 10.9 Å². The number of rotatable bonds is 7. The molecule has 29 heavy (non-hydrogen) atoms. The Balaban J connectivity index is 2.05. The number of ether oxygens (including phenoxy) is 2. The Morgan fingerprint density at radius 3 is 2.48 bits per heavy atom. The predicted molar refractivity (Wildman–Crippen MR) is 108 cm³/mol. The van der Waals surface area contributed by atoms with E-state index >= 15 is 0 Å². The molecule has 0 spiro atoms. The molecule has 158 valence electrons. The number of carboxylic acids is 1. The number of nitrogens with one attached hydrogen (secondary N) is 1. The maximum atomic E-state index is 12.0. The summed E-state index contributed by atoms with van der Waals surface area (Å²) in [6.07, 6.45) is 2.05. The number of fused-ring (bicyclic) bond motifs is 1. The second kappa shape index (κ2) is 9.45. The maximum Gasteiger partial charge on any atom is 0.418 e. The quantitative estimate of drug-likeness (QED) is 0.672. The van der Waals surface area contributed by atoms with Crippen molar-refractivity contribution in [3.8, 4) is 0 Å². The molecule has 0 aliphatic heterocycles. The molecule has 1 unspecified atom stereocenters. The van der Waals surface area contributed by atoms with Gasteiger partial charge in [-0.05, 0) is 45.2 Å². The third-order valence-corrected chi connectivity index (χ3v) is 4.38. The normalized spacial score (nSPS) is 12.4. The van der Waals surface area contributed by atoms with Gasteiger partial charge in [-0.3, -0.25) is 9.36 Å². The van der Waals surface area contributed by atoms with Gasteiger partial charge in [0.1, 0.15) is 5.60 Å². The average molecular weight is 404 g/mol. The Bertz CT molecular complexity index is 881. The first kappa shape index (κ1) is 22.3. The summed E-state index contributed by atoms with van der Waals surface area (Å²) in [5.41, 5.74) is 0.609. The molecule has 0 radical (unpaired) electrons. The lowest BCUT2D eigenvalue weighted by Crippen LogP contribution is -2.33. The molecule has 8 heteroatoms. The molecule has 1 atom stereocenters. The number of aliphatic carboxylic acids is 1. The monoisotopic (exact) mass is 404 g/mol. The summed E-state index contributed by atoms with van der Waals surface area (Å²) in [5.74, 6) is -1.73. The van der Waals surface area contributed by atoms with Crippen LogP contribution >= 0.6 is 0 Å². The smallest absolute Gasteiger partial charge is 0.418 e. The van der Waals surface area contributed by atoms with Gasteiger partial charge in [-0.25, -0.2) is 9.59 Å². The van der Waals surface area contributed by atoms with E-state index in [2.05, 4.69) is 5.32 Å². The topological polar surface area (TPSA) is 107 Å². The number of methoxy groups -OCH3 is 1. The van der Waals surface area contributed by atoms with E-state index in [0.29, 0.717) is 42.3 Å². The predicted octanol–water partition coefficient (Wildman–Crippen LogP) is 4.12. The summed E-state index contributed by atoms with van der Waals surface area (Å²) in [5, 5.41) is 13.1. The highest BCUT2D eigenvalue weighted by atomic mass is 16.6. The first-order chi connectivity index (χ1) is 13.6. The van der Waals surface area contributed by atoms with Gasteiger partial charge in [-0.1, -0.05) is 24.6 Å². The first-order valence-electron chi connectivity index (χ1n) is 9.52. The summed E-state index contributed by atoms with van der Waals surface area (Å²) in [4.78, 5) is 35.6. The summed E-state index contributed by atoms with van der Waals surface area (Å²) in [6.45, 7) is 5.75. The van der Waals surface area contributed by atoms with Crippen LogP contribution in [0.3, 0.4) is 0 Å². The molecule has 2 N–H and O–H groups in total. The summed E-state index contributed by atoms with van der Waals surface area (Å²) < 4.78 is 11.3. The fourth-order valence-electron chi connectivity index (χ4n) is 3.12. The highest BCUT2D eigenvalue weighted by molar-refractivity contribution is 5.95. The van der Waals surface area contributed by atoms with Crippen molar-refractivity contribution in [1.29, 1.82) is 0 Å². The number of para-hydroxylation sites is 1. The van der Waals surface area contributed by atoms with Gasteiger partial charge in [-0.15, -0.1) is 0 Å². The van der Waals surface area contributed by atoms with E-state index in [1.54, 1.807) is 45.0 Å². The van der Waals surface area contributed by atoms with E-state index in [1.165, 1.54) is 17.9 Å². The van der Waals surface area contributed by atoms with Crippen molar-refractivity contribution in [2.45, 2.75) is 51.6 Å². The number of aromatic nitrogens is 1. The molecule has 0 fully saturated rings. The van der Waals surface area contributed by atoms with Gasteiger partial charge in [0.15, 0.2) is 0 Å². The molecular formula is C21H28N2O6. The number of hydrogen-bond acceptors (Lipinski definition) is 5. The van der Waals surface area contributed by atoms with Crippen LogP contribution < -0.4 is 5.32 Å². The van der Waals surface area contributed by atoms with Gasteiger partial charge in [0.25, 0.3) is 0 Å². The van der Waals surface area contributed by atoms with Crippen LogP contribution in [0.1, 0.15) is 51.5 Å². The number of carbonyl (C=O) groups excluding carboxylic acids is 2. The van der Waals surface area contributed by atoms with Crippen LogP contribution in [-0.4, -0.2) is 47.1 Å². The number of unbranched alkanes of at least 4 members (excludes halogenated alkanes) is 1. The number of hydrogen-bond donors (Lipinski definition) is 2. The lowest BCUT2D eigenvalue weighted by Gasteiger charge is -2.19. The molecule has 0 saturated heterocycles. The van der Waals surface area contributed by atoms with Crippen molar-refractivity contribution in [3.05, 3.63) is 36.0 Å². The molecular weight excluding hydrogens is 376 g/mol. The third kappa shape index (κ3) is 5.97. The Hall–Kier alpha value is -3.03. The number of carbonyl (C=O) groups is 3. The third-order valence-electron chi connectivity index (χ3n) is 4.38. The largest absolute Gasteiger partial charge is 0.481 e. The van der Waals surface area contributed by atoms with Crippen LogP contribution in [0.2, 0.25) is 0 Å². The highest BCUT2D eigenvalue weighted by Crippen LogP contribution is 2.31.